The van der Waals surface area contributed by atoms with Crippen LogP contribution in [0.3, 0.4) is 0 Å². The van der Waals surface area contributed by atoms with Gasteiger partial charge in [0.2, 0.25) is 0 Å². The van der Waals surface area contributed by atoms with Gasteiger partial charge in [0, 0.05) is 18.2 Å². The molecule has 0 saturated heterocycles. The standard InChI is InChI=1S/C13H14FN3/c14-10-3-5-12(6-4-10)17-13(9-1-2-9)7-11(8-15)16-17/h3-7,9H,1-2,8,15H2. The number of aromatic nitrogens is 2. The average Bonchev–Trinajstić information content (AvgIpc) is 3.10. The normalized spacial score (nSPS) is 15.2. The summed E-state index contributed by atoms with van der Waals surface area (Å²) >= 11 is 0. The lowest BCUT2D eigenvalue weighted by molar-refractivity contribution is 0.626. The SMILES string of the molecule is NCc1cc(C2CC2)n(-c2ccc(F)cc2)n1. The van der Waals surface area contributed by atoms with Crippen LogP contribution in [0.5, 0.6) is 0 Å². The second kappa shape index (κ2) is 3.96. The summed E-state index contributed by atoms with van der Waals surface area (Å²) in [4.78, 5) is 0. The van der Waals surface area contributed by atoms with Crippen molar-refractivity contribution in [1.82, 2.24) is 9.78 Å². The van der Waals surface area contributed by atoms with Crippen LogP contribution in [0.1, 0.15) is 30.1 Å². The Kier molecular flexibility index (Phi) is 2.44. The molecule has 0 spiro atoms. The Morgan fingerprint density at radius 3 is 2.59 bits per heavy atom. The first kappa shape index (κ1) is 10.5. The summed E-state index contributed by atoms with van der Waals surface area (Å²) in [6.45, 7) is 0.438. The molecule has 1 heterocycles. The van der Waals surface area contributed by atoms with Gasteiger partial charge < -0.3 is 5.73 Å². The van der Waals surface area contributed by atoms with Crippen LogP contribution in [0.15, 0.2) is 30.3 Å². The molecule has 1 fully saturated rings. The molecule has 0 bridgehead atoms. The van der Waals surface area contributed by atoms with Crippen LogP contribution >= 0.6 is 0 Å². The maximum atomic E-state index is 12.9. The zero-order valence-corrected chi connectivity index (χ0v) is 9.44. The third-order valence-corrected chi connectivity index (χ3v) is 3.06. The molecule has 88 valence electrons. The van der Waals surface area contributed by atoms with E-state index in [2.05, 4.69) is 11.2 Å². The van der Waals surface area contributed by atoms with Crippen LogP contribution in [0.4, 0.5) is 4.39 Å². The minimum Gasteiger partial charge on any atom is -0.325 e. The molecule has 1 aliphatic rings. The molecule has 3 rings (SSSR count). The summed E-state index contributed by atoms with van der Waals surface area (Å²) in [6.07, 6.45) is 2.41. The van der Waals surface area contributed by atoms with E-state index >= 15 is 0 Å². The Morgan fingerprint density at radius 2 is 2.00 bits per heavy atom. The molecule has 1 aromatic carbocycles. The Hall–Kier alpha value is -1.68. The van der Waals surface area contributed by atoms with E-state index in [0.29, 0.717) is 12.5 Å². The molecular formula is C13H14FN3. The highest BCUT2D eigenvalue weighted by molar-refractivity contribution is 5.36. The van der Waals surface area contributed by atoms with Gasteiger partial charge in [-0.3, -0.25) is 0 Å². The fraction of sp³-hybridized carbons (Fsp3) is 0.308. The average molecular weight is 231 g/mol. The highest BCUT2D eigenvalue weighted by Gasteiger charge is 2.28. The number of halogens is 1. The van der Waals surface area contributed by atoms with Crippen molar-refractivity contribution in [1.29, 1.82) is 0 Å². The Bertz CT molecular complexity index is 526. The first-order chi connectivity index (χ1) is 8.28. The van der Waals surface area contributed by atoms with Crippen molar-refractivity contribution in [3.05, 3.63) is 47.5 Å². The summed E-state index contributed by atoms with van der Waals surface area (Å²) in [7, 11) is 0. The molecule has 1 aliphatic carbocycles. The number of rotatable bonds is 3. The second-order valence-corrected chi connectivity index (χ2v) is 4.43. The van der Waals surface area contributed by atoms with Gasteiger partial charge in [0.15, 0.2) is 0 Å². The van der Waals surface area contributed by atoms with E-state index in [1.54, 1.807) is 12.1 Å². The fourth-order valence-electron chi connectivity index (χ4n) is 2.01. The Labute approximate surface area is 99.1 Å². The Morgan fingerprint density at radius 1 is 1.29 bits per heavy atom. The summed E-state index contributed by atoms with van der Waals surface area (Å²) < 4.78 is 14.8. The summed E-state index contributed by atoms with van der Waals surface area (Å²) in [6, 6.07) is 8.45. The summed E-state index contributed by atoms with van der Waals surface area (Å²) in [5, 5.41) is 4.46. The molecule has 17 heavy (non-hydrogen) atoms. The first-order valence-corrected chi connectivity index (χ1v) is 5.83. The highest BCUT2D eigenvalue weighted by Crippen LogP contribution is 2.41. The quantitative estimate of drug-likeness (QED) is 0.881. The maximum Gasteiger partial charge on any atom is 0.123 e. The highest BCUT2D eigenvalue weighted by atomic mass is 19.1. The molecular weight excluding hydrogens is 217 g/mol. The molecule has 1 aromatic heterocycles. The molecule has 1 saturated carbocycles. The van der Waals surface area contributed by atoms with Crippen LogP contribution in [0.2, 0.25) is 0 Å². The number of hydrogen-bond donors (Lipinski definition) is 1. The van der Waals surface area contributed by atoms with E-state index in [4.69, 9.17) is 5.73 Å². The third kappa shape index (κ3) is 1.96. The van der Waals surface area contributed by atoms with Crippen molar-refractivity contribution in [2.75, 3.05) is 0 Å². The molecule has 0 amide bonds. The molecule has 4 heteroatoms. The minimum absolute atomic E-state index is 0.229. The van der Waals surface area contributed by atoms with E-state index in [1.807, 2.05) is 4.68 Å². The lowest BCUT2D eigenvalue weighted by atomic mass is 10.2. The Balaban J connectivity index is 2.05. The monoisotopic (exact) mass is 231 g/mol. The summed E-state index contributed by atoms with van der Waals surface area (Å²) in [5.74, 6) is 0.362. The molecule has 0 aliphatic heterocycles. The van der Waals surface area contributed by atoms with Crippen molar-refractivity contribution >= 4 is 0 Å². The lowest BCUT2D eigenvalue weighted by Gasteiger charge is -2.05. The predicted molar refractivity (Wildman–Crippen MR) is 63.4 cm³/mol. The zero-order chi connectivity index (χ0) is 11.8. The van der Waals surface area contributed by atoms with Crippen molar-refractivity contribution < 1.29 is 4.39 Å². The van der Waals surface area contributed by atoms with Gasteiger partial charge in [0.1, 0.15) is 5.82 Å². The first-order valence-electron chi connectivity index (χ1n) is 5.83. The third-order valence-electron chi connectivity index (χ3n) is 3.06. The van der Waals surface area contributed by atoms with E-state index in [9.17, 15) is 4.39 Å². The fourth-order valence-corrected chi connectivity index (χ4v) is 2.01. The lowest BCUT2D eigenvalue weighted by Crippen LogP contribution is -2.02. The van der Waals surface area contributed by atoms with E-state index < -0.39 is 0 Å². The number of nitrogens with two attached hydrogens (primary N) is 1. The predicted octanol–water partition coefficient (Wildman–Crippen LogP) is 2.35. The van der Waals surface area contributed by atoms with E-state index in [-0.39, 0.29) is 5.82 Å². The number of benzene rings is 1. The van der Waals surface area contributed by atoms with Gasteiger partial charge in [-0.1, -0.05) is 0 Å². The van der Waals surface area contributed by atoms with Crippen LogP contribution in [0.25, 0.3) is 5.69 Å². The topological polar surface area (TPSA) is 43.8 Å². The van der Waals surface area contributed by atoms with Crippen molar-refractivity contribution in [2.45, 2.75) is 25.3 Å². The van der Waals surface area contributed by atoms with Gasteiger partial charge >= 0.3 is 0 Å². The molecule has 0 unspecified atom stereocenters. The van der Waals surface area contributed by atoms with E-state index in [0.717, 1.165) is 11.4 Å². The zero-order valence-electron chi connectivity index (χ0n) is 9.44. The molecule has 2 N–H and O–H groups in total. The second-order valence-electron chi connectivity index (χ2n) is 4.43. The maximum absolute atomic E-state index is 12.9. The largest absolute Gasteiger partial charge is 0.325 e. The molecule has 0 radical (unpaired) electrons. The molecule has 2 aromatic rings. The van der Waals surface area contributed by atoms with Gasteiger partial charge in [-0.15, -0.1) is 0 Å². The van der Waals surface area contributed by atoms with Gasteiger partial charge in [0.25, 0.3) is 0 Å². The van der Waals surface area contributed by atoms with Gasteiger partial charge in [-0.2, -0.15) is 5.10 Å². The number of nitrogens with zero attached hydrogens (tertiary/aromatic N) is 2. The summed E-state index contributed by atoms with van der Waals surface area (Å²) in [5.41, 5.74) is 8.59. The van der Waals surface area contributed by atoms with Crippen LogP contribution < -0.4 is 5.73 Å². The molecule has 3 nitrogen and oxygen atoms in total. The van der Waals surface area contributed by atoms with Crippen molar-refractivity contribution in [2.24, 2.45) is 5.73 Å². The van der Waals surface area contributed by atoms with E-state index in [1.165, 1.54) is 30.7 Å². The van der Waals surface area contributed by atoms with Crippen LogP contribution in [-0.2, 0) is 6.54 Å². The van der Waals surface area contributed by atoms with Crippen LogP contribution in [0, 0.1) is 5.82 Å². The molecule has 0 atom stereocenters. The van der Waals surface area contributed by atoms with Gasteiger partial charge in [-0.05, 0) is 43.2 Å². The van der Waals surface area contributed by atoms with Gasteiger partial charge in [-0.25, -0.2) is 9.07 Å². The number of hydrogen-bond acceptors (Lipinski definition) is 2. The smallest absolute Gasteiger partial charge is 0.123 e. The van der Waals surface area contributed by atoms with Crippen molar-refractivity contribution in [3.63, 3.8) is 0 Å². The minimum atomic E-state index is -0.229. The van der Waals surface area contributed by atoms with Crippen molar-refractivity contribution in [3.8, 4) is 5.69 Å². The van der Waals surface area contributed by atoms with Gasteiger partial charge in [0.05, 0.1) is 11.4 Å². The van der Waals surface area contributed by atoms with Crippen LogP contribution in [-0.4, -0.2) is 9.78 Å².